The average molecular weight is 359 g/mol. The van der Waals surface area contributed by atoms with Gasteiger partial charge in [-0.15, -0.1) is 5.10 Å². The van der Waals surface area contributed by atoms with Crippen molar-refractivity contribution in [1.82, 2.24) is 25.1 Å². The van der Waals surface area contributed by atoms with E-state index in [1.165, 1.54) is 12.3 Å². The molecule has 128 valence electrons. The number of nitrogens with one attached hydrogen (secondary N) is 2. The third-order valence-corrected chi connectivity index (χ3v) is 3.31. The van der Waals surface area contributed by atoms with Gasteiger partial charge < -0.3 is 4.74 Å². The van der Waals surface area contributed by atoms with E-state index in [1.807, 2.05) is 19.9 Å². The number of carbonyl (C=O) groups excluding carboxylic acids is 1. The van der Waals surface area contributed by atoms with Crippen molar-refractivity contribution in [3.63, 3.8) is 0 Å². The van der Waals surface area contributed by atoms with Crippen molar-refractivity contribution in [2.45, 2.75) is 20.0 Å². The van der Waals surface area contributed by atoms with E-state index in [2.05, 4.69) is 30.5 Å². The minimum absolute atomic E-state index is 0.0667. The molecule has 0 aliphatic heterocycles. The van der Waals surface area contributed by atoms with Gasteiger partial charge in [-0.1, -0.05) is 17.7 Å². The summed E-state index contributed by atoms with van der Waals surface area (Å²) in [4.78, 5) is 24.7. The fraction of sp³-hybridized carbons (Fsp3) is 0.188. The third-order valence-electron chi connectivity index (χ3n) is 3.04. The van der Waals surface area contributed by atoms with E-state index < -0.39 is 5.91 Å². The number of ether oxygens (including phenoxy) is 1. The number of aromatic nitrogens is 5. The zero-order chi connectivity index (χ0) is 17.8. The second-order valence-corrected chi connectivity index (χ2v) is 5.76. The van der Waals surface area contributed by atoms with Crippen LogP contribution in [0.5, 0.6) is 5.88 Å². The van der Waals surface area contributed by atoms with E-state index in [0.29, 0.717) is 11.5 Å². The van der Waals surface area contributed by atoms with Crippen LogP contribution in [0.25, 0.3) is 11.5 Å². The molecule has 0 unspecified atom stereocenters. The Bertz CT molecular complexity index is 881. The molecule has 2 N–H and O–H groups in total. The zero-order valence-corrected chi connectivity index (χ0v) is 14.3. The molecule has 0 atom stereocenters. The monoisotopic (exact) mass is 358 g/mol. The van der Waals surface area contributed by atoms with Crippen LogP contribution in [-0.2, 0) is 0 Å². The minimum atomic E-state index is -0.433. The summed E-state index contributed by atoms with van der Waals surface area (Å²) in [5, 5.41) is 9.50. The highest BCUT2D eigenvalue weighted by molar-refractivity contribution is 6.32. The smallest absolute Gasteiger partial charge is 0.259 e. The van der Waals surface area contributed by atoms with Gasteiger partial charge in [-0.05, 0) is 32.0 Å². The van der Waals surface area contributed by atoms with Gasteiger partial charge in [0.1, 0.15) is 10.7 Å². The number of carbonyl (C=O) groups is 1. The largest absolute Gasteiger partial charge is 0.474 e. The molecule has 3 aromatic heterocycles. The van der Waals surface area contributed by atoms with Gasteiger partial charge in [-0.25, -0.2) is 4.98 Å². The number of rotatable bonds is 5. The number of aromatic amines is 1. The topological polar surface area (TPSA) is 106 Å². The Hall–Kier alpha value is -3.00. The van der Waals surface area contributed by atoms with Gasteiger partial charge in [0.25, 0.3) is 5.91 Å². The first-order valence-electron chi connectivity index (χ1n) is 7.50. The molecule has 0 saturated heterocycles. The minimum Gasteiger partial charge on any atom is -0.474 e. The van der Waals surface area contributed by atoms with Crippen molar-refractivity contribution < 1.29 is 9.53 Å². The number of hydrogen-bond acceptors (Lipinski definition) is 6. The molecule has 1 amide bonds. The van der Waals surface area contributed by atoms with Gasteiger partial charge in [0.15, 0.2) is 5.82 Å². The van der Waals surface area contributed by atoms with Crippen LogP contribution in [-0.4, -0.2) is 37.2 Å². The molecule has 0 aromatic carbocycles. The Morgan fingerprint density at radius 1 is 1.32 bits per heavy atom. The maximum absolute atomic E-state index is 12.3. The third kappa shape index (κ3) is 4.10. The summed E-state index contributed by atoms with van der Waals surface area (Å²) in [5.41, 5.74) is 0.890. The lowest BCUT2D eigenvalue weighted by atomic mass is 10.2. The quantitative estimate of drug-likeness (QED) is 0.726. The Morgan fingerprint density at radius 3 is 2.84 bits per heavy atom. The van der Waals surface area contributed by atoms with E-state index in [9.17, 15) is 4.79 Å². The van der Waals surface area contributed by atoms with Crippen molar-refractivity contribution in [3.8, 4) is 17.4 Å². The maximum Gasteiger partial charge on any atom is 0.259 e. The highest BCUT2D eigenvalue weighted by Crippen LogP contribution is 2.23. The summed E-state index contributed by atoms with van der Waals surface area (Å²) in [6, 6.07) is 6.89. The average Bonchev–Trinajstić information content (AvgIpc) is 3.05. The van der Waals surface area contributed by atoms with Gasteiger partial charge in [-0.3, -0.25) is 20.2 Å². The fourth-order valence-electron chi connectivity index (χ4n) is 1.97. The number of amides is 1. The van der Waals surface area contributed by atoms with Crippen LogP contribution in [0.3, 0.4) is 0 Å². The molecule has 0 saturated carbocycles. The summed E-state index contributed by atoms with van der Waals surface area (Å²) in [6.45, 7) is 3.72. The van der Waals surface area contributed by atoms with Crippen LogP contribution in [0.2, 0.25) is 5.02 Å². The number of halogens is 1. The Morgan fingerprint density at radius 2 is 2.16 bits per heavy atom. The van der Waals surface area contributed by atoms with Crippen molar-refractivity contribution in [2.24, 2.45) is 0 Å². The SMILES string of the molecule is CC(C)Oc1ncc(C(=O)Nc2n[nH]c(-c3ccccn3)n2)cc1Cl. The van der Waals surface area contributed by atoms with E-state index >= 15 is 0 Å². The molecule has 3 heterocycles. The van der Waals surface area contributed by atoms with Gasteiger partial charge in [0, 0.05) is 12.4 Å². The number of H-pyrrole nitrogens is 1. The molecule has 9 heteroatoms. The molecular weight excluding hydrogens is 344 g/mol. The molecular formula is C16H15ClN6O2. The molecule has 3 rings (SSSR count). The summed E-state index contributed by atoms with van der Waals surface area (Å²) in [6.07, 6.45) is 2.96. The van der Waals surface area contributed by atoms with Crippen LogP contribution in [0.15, 0.2) is 36.7 Å². The second kappa shape index (κ2) is 7.27. The van der Waals surface area contributed by atoms with E-state index in [4.69, 9.17) is 16.3 Å². The van der Waals surface area contributed by atoms with Crippen LogP contribution >= 0.6 is 11.6 Å². The van der Waals surface area contributed by atoms with Gasteiger partial charge >= 0.3 is 0 Å². The maximum atomic E-state index is 12.3. The first kappa shape index (κ1) is 16.8. The lowest BCUT2D eigenvalue weighted by molar-refractivity contribution is 0.102. The highest BCUT2D eigenvalue weighted by atomic mass is 35.5. The first-order valence-corrected chi connectivity index (χ1v) is 7.88. The Labute approximate surface area is 148 Å². The summed E-state index contributed by atoms with van der Waals surface area (Å²) < 4.78 is 5.44. The highest BCUT2D eigenvalue weighted by Gasteiger charge is 2.14. The van der Waals surface area contributed by atoms with Gasteiger partial charge in [0.2, 0.25) is 11.8 Å². The molecule has 0 fully saturated rings. The van der Waals surface area contributed by atoms with Crippen LogP contribution in [0.4, 0.5) is 5.95 Å². The van der Waals surface area contributed by atoms with Gasteiger partial charge in [-0.2, -0.15) is 4.98 Å². The molecule has 0 radical (unpaired) electrons. The standard InChI is InChI=1S/C16H15ClN6O2/c1-9(2)25-15-11(17)7-10(8-19-15)14(24)21-16-20-13(22-23-16)12-5-3-4-6-18-12/h3-9H,1-2H3,(H2,20,21,22,23,24). The first-order chi connectivity index (χ1) is 12.0. The number of nitrogens with zero attached hydrogens (tertiary/aromatic N) is 4. The molecule has 0 bridgehead atoms. The number of hydrogen-bond donors (Lipinski definition) is 2. The fourth-order valence-corrected chi connectivity index (χ4v) is 2.18. The molecule has 3 aromatic rings. The summed E-state index contributed by atoms with van der Waals surface area (Å²) >= 11 is 6.09. The molecule has 0 spiro atoms. The zero-order valence-electron chi connectivity index (χ0n) is 13.5. The van der Waals surface area contributed by atoms with E-state index in [1.54, 1.807) is 18.3 Å². The second-order valence-electron chi connectivity index (χ2n) is 5.35. The molecule has 0 aliphatic rings. The lowest BCUT2D eigenvalue weighted by Gasteiger charge is -2.10. The van der Waals surface area contributed by atoms with E-state index in [0.717, 1.165) is 0 Å². The Kier molecular flexibility index (Phi) is 4.90. The van der Waals surface area contributed by atoms with Crippen molar-refractivity contribution in [2.75, 3.05) is 5.32 Å². The lowest BCUT2D eigenvalue weighted by Crippen LogP contribution is -2.14. The van der Waals surface area contributed by atoms with Crippen LogP contribution in [0.1, 0.15) is 24.2 Å². The predicted octanol–water partition coefficient (Wildman–Crippen LogP) is 2.95. The van der Waals surface area contributed by atoms with Crippen molar-refractivity contribution in [3.05, 3.63) is 47.2 Å². The van der Waals surface area contributed by atoms with Crippen LogP contribution < -0.4 is 10.1 Å². The van der Waals surface area contributed by atoms with E-state index in [-0.39, 0.29) is 28.5 Å². The molecule has 25 heavy (non-hydrogen) atoms. The predicted molar refractivity (Wildman–Crippen MR) is 92.6 cm³/mol. The number of pyridine rings is 2. The van der Waals surface area contributed by atoms with Crippen molar-refractivity contribution in [1.29, 1.82) is 0 Å². The summed E-state index contributed by atoms with van der Waals surface area (Å²) in [5.74, 6) is 0.428. The van der Waals surface area contributed by atoms with Gasteiger partial charge in [0.05, 0.1) is 11.7 Å². The number of anilines is 1. The normalized spacial score (nSPS) is 10.7. The Balaban J connectivity index is 1.72. The molecule has 0 aliphatic carbocycles. The molecule has 8 nitrogen and oxygen atoms in total. The van der Waals surface area contributed by atoms with Crippen LogP contribution in [0, 0.1) is 0 Å². The summed E-state index contributed by atoms with van der Waals surface area (Å²) in [7, 11) is 0. The van der Waals surface area contributed by atoms with Crippen molar-refractivity contribution >= 4 is 23.5 Å².